The Morgan fingerprint density at radius 2 is 0.714 bits per heavy atom. The summed E-state index contributed by atoms with van der Waals surface area (Å²) in [5.41, 5.74) is 17.3. The lowest BCUT2D eigenvalue weighted by Gasteiger charge is -2.27. The van der Waals surface area contributed by atoms with Gasteiger partial charge >= 0.3 is 0 Å². The minimum absolute atomic E-state index is 1.08. The van der Waals surface area contributed by atoms with Gasteiger partial charge in [0.25, 0.3) is 0 Å². The summed E-state index contributed by atoms with van der Waals surface area (Å²) in [6.45, 7) is 0. The molecule has 0 bridgehead atoms. The fourth-order valence-electron chi connectivity index (χ4n) is 9.61. The molecule has 0 radical (unpaired) electrons. The van der Waals surface area contributed by atoms with E-state index in [4.69, 9.17) is 0 Å². The van der Waals surface area contributed by atoms with E-state index in [1.807, 2.05) is 0 Å². The van der Waals surface area contributed by atoms with Crippen molar-refractivity contribution in [3.8, 4) is 44.8 Å². The number of rotatable bonds is 8. The molecule has 12 aromatic rings. The standard InChI is InChI=1S/C60H41N3/c1-5-17-42(18-6-1)45-31-36-49(37-32-45)61(50-38-33-46(34-39-50)43-19-7-2-8-20-43)57-29-15-26-52-53-27-16-30-58(60(53)62(59(52)57)48-23-11-4-12-24-48)63-55-28-14-13-25-51(55)54-41-47(35-40-56(54)63)44-21-9-3-10-22-44/h1-41H. The minimum atomic E-state index is 1.08. The van der Waals surface area contributed by atoms with Crippen molar-refractivity contribution in [3.05, 3.63) is 249 Å². The first-order chi connectivity index (χ1) is 31.3. The van der Waals surface area contributed by atoms with Gasteiger partial charge in [-0.15, -0.1) is 0 Å². The van der Waals surface area contributed by atoms with Crippen LogP contribution in [0.2, 0.25) is 0 Å². The van der Waals surface area contributed by atoms with Crippen LogP contribution in [0.1, 0.15) is 0 Å². The second kappa shape index (κ2) is 15.3. The molecule has 0 unspecified atom stereocenters. The highest BCUT2D eigenvalue weighted by Crippen LogP contribution is 2.46. The maximum atomic E-state index is 2.50. The first kappa shape index (κ1) is 36.5. The highest BCUT2D eigenvalue weighted by molar-refractivity contribution is 6.18. The van der Waals surface area contributed by atoms with Crippen molar-refractivity contribution in [2.75, 3.05) is 4.90 Å². The summed E-state index contributed by atoms with van der Waals surface area (Å²) in [7, 11) is 0. The van der Waals surface area contributed by atoms with Gasteiger partial charge in [0, 0.05) is 38.6 Å². The number of para-hydroxylation sites is 4. The molecule has 0 N–H and O–H groups in total. The van der Waals surface area contributed by atoms with E-state index < -0.39 is 0 Å². The van der Waals surface area contributed by atoms with Crippen molar-refractivity contribution in [1.82, 2.24) is 9.13 Å². The van der Waals surface area contributed by atoms with Gasteiger partial charge in [-0.3, -0.25) is 0 Å². The predicted molar refractivity (Wildman–Crippen MR) is 266 cm³/mol. The van der Waals surface area contributed by atoms with Crippen molar-refractivity contribution in [2.24, 2.45) is 0 Å². The third-order valence-corrected chi connectivity index (χ3v) is 12.5. The predicted octanol–water partition coefficient (Wildman–Crippen LogP) is 16.4. The monoisotopic (exact) mass is 803 g/mol. The Morgan fingerprint density at radius 3 is 1.32 bits per heavy atom. The molecule has 2 aromatic heterocycles. The molecule has 296 valence electrons. The molecule has 3 nitrogen and oxygen atoms in total. The molecule has 10 aromatic carbocycles. The SMILES string of the molecule is c1ccc(-c2ccc(N(c3ccc(-c4ccccc4)cc3)c3cccc4c5cccc(-n6c7ccccc7c7cc(-c8ccccc8)ccc76)c5n(-c5ccccc5)c34)cc2)cc1. The Morgan fingerprint density at radius 1 is 0.270 bits per heavy atom. The van der Waals surface area contributed by atoms with E-state index in [0.717, 1.165) is 39.5 Å². The molecule has 0 saturated carbocycles. The Labute approximate surface area is 366 Å². The summed E-state index contributed by atoms with van der Waals surface area (Å²) < 4.78 is 4.97. The molecule has 0 spiro atoms. The summed E-state index contributed by atoms with van der Waals surface area (Å²) in [5.74, 6) is 0. The molecule has 63 heavy (non-hydrogen) atoms. The van der Waals surface area contributed by atoms with Gasteiger partial charge in [-0.05, 0) is 100 Å². The number of hydrogen-bond donors (Lipinski definition) is 0. The Hall–Kier alpha value is -8.40. The summed E-state index contributed by atoms with van der Waals surface area (Å²) in [6.07, 6.45) is 0. The number of nitrogens with zero attached hydrogens (tertiary/aromatic N) is 3. The smallest absolute Gasteiger partial charge is 0.0783 e. The van der Waals surface area contributed by atoms with E-state index in [1.54, 1.807) is 0 Å². The average Bonchev–Trinajstić information content (AvgIpc) is 3.89. The number of aromatic nitrogens is 2. The number of hydrogen-bond acceptors (Lipinski definition) is 1. The molecular formula is C60H41N3. The molecule has 0 atom stereocenters. The van der Waals surface area contributed by atoms with Crippen LogP contribution in [0.3, 0.4) is 0 Å². The van der Waals surface area contributed by atoms with Crippen LogP contribution in [0.4, 0.5) is 17.1 Å². The van der Waals surface area contributed by atoms with E-state index >= 15 is 0 Å². The number of benzene rings is 10. The summed E-state index contributed by atoms with van der Waals surface area (Å²) in [6, 6.07) is 90.1. The van der Waals surface area contributed by atoms with Crippen LogP contribution in [0.25, 0.3) is 88.4 Å². The molecule has 0 fully saturated rings. The van der Waals surface area contributed by atoms with Crippen LogP contribution in [0.5, 0.6) is 0 Å². The van der Waals surface area contributed by atoms with E-state index in [0.29, 0.717) is 0 Å². The third-order valence-electron chi connectivity index (χ3n) is 12.5. The molecule has 0 aliphatic rings. The van der Waals surface area contributed by atoms with Crippen LogP contribution >= 0.6 is 0 Å². The second-order valence-corrected chi connectivity index (χ2v) is 16.1. The van der Waals surface area contributed by atoms with Crippen LogP contribution < -0.4 is 4.90 Å². The summed E-state index contributed by atoms with van der Waals surface area (Å²) >= 11 is 0. The normalized spacial score (nSPS) is 11.5. The average molecular weight is 804 g/mol. The first-order valence-corrected chi connectivity index (χ1v) is 21.6. The molecule has 0 amide bonds. The van der Waals surface area contributed by atoms with Crippen molar-refractivity contribution in [2.45, 2.75) is 0 Å². The molecule has 0 saturated heterocycles. The summed E-state index contributed by atoms with van der Waals surface area (Å²) in [4.78, 5) is 2.43. The zero-order chi connectivity index (χ0) is 41.7. The van der Waals surface area contributed by atoms with Crippen molar-refractivity contribution in [3.63, 3.8) is 0 Å². The summed E-state index contributed by atoms with van der Waals surface area (Å²) in [5, 5.41) is 4.84. The lowest BCUT2D eigenvalue weighted by molar-refractivity contribution is 1.13. The first-order valence-electron chi connectivity index (χ1n) is 21.6. The van der Waals surface area contributed by atoms with Gasteiger partial charge in [-0.2, -0.15) is 0 Å². The van der Waals surface area contributed by atoms with Gasteiger partial charge in [-0.25, -0.2) is 0 Å². The molecule has 3 heteroatoms. The van der Waals surface area contributed by atoms with Crippen molar-refractivity contribution >= 4 is 60.7 Å². The van der Waals surface area contributed by atoms with E-state index in [2.05, 4.69) is 263 Å². The van der Waals surface area contributed by atoms with Crippen LogP contribution in [-0.2, 0) is 0 Å². The lowest BCUT2D eigenvalue weighted by Crippen LogP contribution is -2.12. The van der Waals surface area contributed by atoms with Crippen molar-refractivity contribution in [1.29, 1.82) is 0 Å². The van der Waals surface area contributed by atoms with Crippen molar-refractivity contribution < 1.29 is 0 Å². The highest BCUT2D eigenvalue weighted by Gasteiger charge is 2.25. The Kier molecular flexibility index (Phi) is 8.83. The van der Waals surface area contributed by atoms with Gasteiger partial charge in [0.05, 0.1) is 33.4 Å². The molecule has 0 aliphatic carbocycles. The lowest BCUT2D eigenvalue weighted by atomic mass is 10.0. The van der Waals surface area contributed by atoms with Gasteiger partial charge in [0.2, 0.25) is 0 Å². The van der Waals surface area contributed by atoms with Crippen LogP contribution in [-0.4, -0.2) is 9.13 Å². The van der Waals surface area contributed by atoms with Crippen LogP contribution in [0, 0.1) is 0 Å². The van der Waals surface area contributed by atoms with E-state index in [1.165, 1.54) is 66.0 Å². The quantitative estimate of drug-likeness (QED) is 0.149. The minimum Gasteiger partial charge on any atom is -0.308 e. The van der Waals surface area contributed by atoms with Crippen LogP contribution in [0.15, 0.2) is 249 Å². The van der Waals surface area contributed by atoms with Gasteiger partial charge < -0.3 is 14.0 Å². The fraction of sp³-hybridized carbons (Fsp3) is 0. The molecule has 12 rings (SSSR count). The number of anilines is 3. The Balaban J connectivity index is 1.13. The van der Waals surface area contributed by atoms with Gasteiger partial charge in [-0.1, -0.05) is 182 Å². The van der Waals surface area contributed by atoms with E-state index in [-0.39, 0.29) is 0 Å². The highest BCUT2D eigenvalue weighted by atomic mass is 15.2. The topological polar surface area (TPSA) is 13.1 Å². The second-order valence-electron chi connectivity index (χ2n) is 16.1. The third kappa shape index (κ3) is 6.21. The molecular weight excluding hydrogens is 763 g/mol. The Bertz CT molecular complexity index is 3490. The molecule has 2 heterocycles. The largest absolute Gasteiger partial charge is 0.308 e. The van der Waals surface area contributed by atoms with Gasteiger partial charge in [0.1, 0.15) is 0 Å². The van der Waals surface area contributed by atoms with E-state index in [9.17, 15) is 0 Å². The van der Waals surface area contributed by atoms with Gasteiger partial charge in [0.15, 0.2) is 0 Å². The maximum absolute atomic E-state index is 2.50. The molecule has 0 aliphatic heterocycles. The maximum Gasteiger partial charge on any atom is 0.0783 e. The number of fused-ring (bicyclic) bond motifs is 6. The zero-order valence-corrected chi connectivity index (χ0v) is 34.5. The zero-order valence-electron chi connectivity index (χ0n) is 34.5. The fourth-order valence-corrected chi connectivity index (χ4v) is 9.61.